The van der Waals surface area contributed by atoms with E-state index in [4.69, 9.17) is 0 Å². The molecule has 2 heterocycles. The molecule has 3 rings (SSSR count). The number of hydrogen-bond donors (Lipinski definition) is 0. The van der Waals surface area contributed by atoms with Crippen LogP contribution in [0.25, 0.3) is 11.6 Å². The predicted octanol–water partition coefficient (Wildman–Crippen LogP) is 4.27. The summed E-state index contributed by atoms with van der Waals surface area (Å²) in [6.45, 7) is -5.64. The molecule has 0 unspecified atom stereocenters. The zero-order valence-electron chi connectivity index (χ0n) is 14.6. The first-order valence-corrected chi connectivity index (χ1v) is 8.56. The molecule has 0 radical (unpaired) electrons. The van der Waals surface area contributed by atoms with Gasteiger partial charge in [0.05, 0.1) is 5.57 Å². The molecular weight excluding hydrogens is 380 g/mol. The smallest absolute Gasteiger partial charge is 0.387 e. The van der Waals surface area contributed by atoms with Gasteiger partial charge in [0.2, 0.25) is 0 Å². The number of halogens is 4. The zero-order valence-corrected chi connectivity index (χ0v) is 14.6. The minimum Gasteiger partial charge on any atom is -0.435 e. The molecule has 0 saturated heterocycles. The van der Waals surface area contributed by atoms with Crippen molar-refractivity contribution in [1.82, 2.24) is 14.8 Å². The molecule has 0 spiro atoms. The van der Waals surface area contributed by atoms with E-state index in [1.54, 1.807) is 0 Å². The van der Waals surface area contributed by atoms with E-state index < -0.39 is 19.0 Å². The van der Waals surface area contributed by atoms with Gasteiger partial charge in [-0.05, 0) is 31.1 Å². The lowest BCUT2D eigenvalue weighted by molar-refractivity contribution is -0.0543. The second-order valence-corrected chi connectivity index (χ2v) is 6.03. The van der Waals surface area contributed by atoms with Crippen LogP contribution in [0.1, 0.15) is 36.5 Å². The molecule has 2 aromatic rings. The number of fused-ring (bicyclic) bond motifs is 1. The third-order valence-corrected chi connectivity index (χ3v) is 4.20. The minimum atomic E-state index is -3.18. The van der Waals surface area contributed by atoms with Crippen LogP contribution in [0.5, 0.6) is 11.5 Å². The van der Waals surface area contributed by atoms with Gasteiger partial charge in [0, 0.05) is 24.6 Å². The molecule has 0 saturated carbocycles. The predicted molar refractivity (Wildman–Crippen MR) is 90.8 cm³/mol. The van der Waals surface area contributed by atoms with Gasteiger partial charge in [-0.3, -0.25) is 0 Å². The van der Waals surface area contributed by atoms with Gasteiger partial charge in [-0.15, -0.1) is 10.2 Å². The second-order valence-electron chi connectivity index (χ2n) is 6.03. The van der Waals surface area contributed by atoms with Crippen LogP contribution in [-0.4, -0.2) is 28.0 Å². The van der Waals surface area contributed by atoms with Crippen LogP contribution in [0.15, 0.2) is 18.2 Å². The van der Waals surface area contributed by atoms with Crippen molar-refractivity contribution in [2.24, 2.45) is 0 Å². The van der Waals surface area contributed by atoms with Crippen LogP contribution < -0.4 is 9.47 Å². The highest BCUT2D eigenvalue weighted by Gasteiger charge is 2.19. The van der Waals surface area contributed by atoms with Gasteiger partial charge in [0.15, 0.2) is 5.82 Å². The van der Waals surface area contributed by atoms with E-state index in [-0.39, 0.29) is 16.9 Å². The monoisotopic (exact) mass is 396 g/mol. The summed E-state index contributed by atoms with van der Waals surface area (Å²) in [7, 11) is 0. The molecule has 1 aliphatic rings. The fourth-order valence-electron chi connectivity index (χ4n) is 2.99. The number of rotatable bonds is 6. The van der Waals surface area contributed by atoms with Gasteiger partial charge in [-0.1, -0.05) is 6.42 Å². The Morgan fingerprint density at radius 1 is 1.11 bits per heavy atom. The van der Waals surface area contributed by atoms with Crippen LogP contribution in [0.3, 0.4) is 0 Å². The van der Waals surface area contributed by atoms with Crippen LogP contribution >= 0.6 is 0 Å². The molecule has 6 nitrogen and oxygen atoms in total. The van der Waals surface area contributed by atoms with Crippen molar-refractivity contribution in [3.05, 3.63) is 35.4 Å². The topological polar surface area (TPSA) is 73.0 Å². The number of allylic oxidation sites excluding steroid dienone is 1. The maximum atomic E-state index is 12.7. The molecule has 148 valence electrons. The lowest BCUT2D eigenvalue weighted by Crippen LogP contribution is -2.06. The van der Waals surface area contributed by atoms with Gasteiger partial charge in [0.25, 0.3) is 0 Å². The molecule has 10 heteroatoms. The van der Waals surface area contributed by atoms with Gasteiger partial charge in [-0.25, -0.2) is 0 Å². The Morgan fingerprint density at radius 3 is 2.61 bits per heavy atom. The Labute approximate surface area is 158 Å². The first-order chi connectivity index (χ1) is 13.5. The SMILES string of the molecule is N#C/C(=C\c1ccc(OC(F)F)cc1OC(F)F)c1nnc2n1CCCCC2. The van der Waals surface area contributed by atoms with Crippen molar-refractivity contribution in [3.63, 3.8) is 0 Å². The number of alkyl halides is 4. The van der Waals surface area contributed by atoms with E-state index in [9.17, 15) is 22.8 Å². The van der Waals surface area contributed by atoms with Crippen LogP contribution in [-0.2, 0) is 13.0 Å². The average Bonchev–Trinajstić information content (AvgIpc) is 2.88. The van der Waals surface area contributed by atoms with Crippen LogP contribution in [0, 0.1) is 11.3 Å². The fraction of sp³-hybridized carbons (Fsp3) is 0.389. The first-order valence-electron chi connectivity index (χ1n) is 8.56. The van der Waals surface area contributed by atoms with Crippen LogP contribution in [0.4, 0.5) is 17.6 Å². The van der Waals surface area contributed by atoms with Gasteiger partial charge < -0.3 is 14.0 Å². The standard InChI is InChI=1S/C18H16F4N4O2/c19-17(20)27-13-6-5-11(14(9-13)28-18(21)22)8-12(10-23)16-25-24-15-4-2-1-3-7-26(15)16/h5-6,8-9,17-18H,1-4,7H2/b12-8+. The lowest BCUT2D eigenvalue weighted by Gasteiger charge is -2.12. The van der Waals surface area contributed by atoms with Crippen molar-refractivity contribution < 1.29 is 27.0 Å². The molecule has 0 atom stereocenters. The first kappa shape index (κ1) is 19.7. The summed E-state index contributed by atoms with van der Waals surface area (Å²) in [5, 5.41) is 17.7. The summed E-state index contributed by atoms with van der Waals surface area (Å²) >= 11 is 0. The number of nitrogens with zero attached hydrogens (tertiary/aromatic N) is 4. The van der Waals surface area contributed by atoms with E-state index in [2.05, 4.69) is 19.7 Å². The number of aryl methyl sites for hydroxylation is 1. The molecule has 28 heavy (non-hydrogen) atoms. The van der Waals surface area contributed by atoms with Crippen molar-refractivity contribution in [1.29, 1.82) is 5.26 Å². The van der Waals surface area contributed by atoms with Crippen molar-refractivity contribution >= 4 is 11.6 Å². The molecule has 0 bridgehead atoms. The summed E-state index contributed by atoms with van der Waals surface area (Å²) in [6, 6.07) is 5.35. The lowest BCUT2D eigenvalue weighted by atomic mass is 10.1. The Bertz CT molecular complexity index is 905. The number of nitriles is 1. The van der Waals surface area contributed by atoms with Crippen molar-refractivity contribution in [2.45, 2.75) is 45.5 Å². The molecule has 0 fully saturated rings. The average molecular weight is 396 g/mol. The third-order valence-electron chi connectivity index (χ3n) is 4.20. The van der Waals surface area contributed by atoms with E-state index in [1.165, 1.54) is 18.2 Å². The van der Waals surface area contributed by atoms with Crippen LogP contribution in [0.2, 0.25) is 0 Å². The Hall–Kier alpha value is -3.09. The van der Waals surface area contributed by atoms with E-state index in [0.29, 0.717) is 12.4 Å². The summed E-state index contributed by atoms with van der Waals surface area (Å²) in [4.78, 5) is 0. The summed E-state index contributed by atoms with van der Waals surface area (Å²) in [5.41, 5.74) is 0.201. The highest BCUT2D eigenvalue weighted by Crippen LogP contribution is 2.31. The van der Waals surface area contributed by atoms with E-state index in [1.807, 2.05) is 10.6 Å². The summed E-state index contributed by atoms with van der Waals surface area (Å²) in [6.07, 6.45) is 4.97. The quantitative estimate of drug-likeness (QED) is 0.539. The number of hydrogen-bond acceptors (Lipinski definition) is 5. The van der Waals surface area contributed by atoms with Crippen molar-refractivity contribution in [3.8, 4) is 17.6 Å². The molecule has 1 aromatic heterocycles. The maximum absolute atomic E-state index is 12.7. The number of ether oxygens (including phenoxy) is 2. The minimum absolute atomic E-state index is 0.0993. The van der Waals surface area contributed by atoms with E-state index in [0.717, 1.165) is 37.6 Å². The highest BCUT2D eigenvalue weighted by atomic mass is 19.3. The maximum Gasteiger partial charge on any atom is 0.387 e. The number of aromatic nitrogens is 3. The van der Waals surface area contributed by atoms with Gasteiger partial charge in [-0.2, -0.15) is 22.8 Å². The van der Waals surface area contributed by atoms with Gasteiger partial charge >= 0.3 is 13.2 Å². The molecule has 0 amide bonds. The summed E-state index contributed by atoms with van der Waals surface area (Å²) in [5.74, 6) is 0.364. The Kier molecular flexibility index (Phi) is 6.13. The molecule has 1 aliphatic heterocycles. The molecule has 0 aliphatic carbocycles. The molecule has 1 aromatic carbocycles. The Morgan fingerprint density at radius 2 is 1.89 bits per heavy atom. The summed E-state index contributed by atoms with van der Waals surface area (Å²) < 4.78 is 60.7. The largest absolute Gasteiger partial charge is 0.435 e. The molecular formula is C18H16F4N4O2. The van der Waals surface area contributed by atoms with Crippen molar-refractivity contribution in [2.75, 3.05) is 0 Å². The fourth-order valence-corrected chi connectivity index (χ4v) is 2.99. The number of benzene rings is 1. The highest BCUT2D eigenvalue weighted by molar-refractivity contribution is 5.88. The molecule has 0 N–H and O–H groups in total. The second kappa shape index (κ2) is 8.73. The normalized spacial score (nSPS) is 14.5. The Balaban J connectivity index is 2.00. The third kappa shape index (κ3) is 4.60. The zero-order chi connectivity index (χ0) is 20.1. The van der Waals surface area contributed by atoms with E-state index >= 15 is 0 Å². The van der Waals surface area contributed by atoms with Gasteiger partial charge in [0.1, 0.15) is 23.4 Å².